The van der Waals surface area contributed by atoms with Gasteiger partial charge in [0, 0.05) is 11.3 Å². The highest BCUT2D eigenvalue weighted by molar-refractivity contribution is 7.89. The average Bonchev–Trinajstić information content (AvgIpc) is 2.48. The summed E-state index contributed by atoms with van der Waals surface area (Å²) in [5, 5.41) is 2.66. The van der Waals surface area contributed by atoms with Gasteiger partial charge in [-0.1, -0.05) is 24.3 Å². The van der Waals surface area contributed by atoms with Gasteiger partial charge in [-0.3, -0.25) is 4.79 Å². The maximum absolute atomic E-state index is 12.0. The van der Waals surface area contributed by atoms with E-state index in [9.17, 15) is 13.2 Å². The molecule has 0 bridgehead atoms. The zero-order valence-corrected chi connectivity index (χ0v) is 11.6. The molecule has 0 radical (unpaired) electrons. The summed E-state index contributed by atoms with van der Waals surface area (Å²) < 4.78 is 25.6. The van der Waals surface area contributed by atoms with Gasteiger partial charge in [0.1, 0.15) is 0 Å². The van der Waals surface area contributed by atoms with Crippen molar-refractivity contribution < 1.29 is 13.2 Å². The summed E-state index contributed by atoms with van der Waals surface area (Å²) in [6.07, 6.45) is 0. The number of hydrogen-bond acceptors (Lipinski definition) is 3. The molecule has 1 amide bonds. The van der Waals surface area contributed by atoms with Crippen molar-refractivity contribution in [2.45, 2.75) is 4.90 Å². The first-order valence-electron chi connectivity index (χ1n) is 5.93. The van der Waals surface area contributed by atoms with Crippen molar-refractivity contribution >= 4 is 21.6 Å². The van der Waals surface area contributed by atoms with Crippen LogP contribution in [-0.4, -0.2) is 21.4 Å². The monoisotopic (exact) mass is 290 g/mol. The lowest BCUT2D eigenvalue weighted by Gasteiger charge is -2.07. The number of nitrogens with one attached hydrogen (secondary N) is 2. The zero-order valence-electron chi connectivity index (χ0n) is 10.8. The molecule has 0 atom stereocenters. The minimum absolute atomic E-state index is 0.103. The molecule has 0 unspecified atom stereocenters. The van der Waals surface area contributed by atoms with E-state index in [0.717, 1.165) is 0 Å². The van der Waals surface area contributed by atoms with E-state index in [1.54, 1.807) is 36.4 Å². The van der Waals surface area contributed by atoms with Crippen LogP contribution < -0.4 is 10.0 Å². The maximum atomic E-state index is 12.0. The third kappa shape index (κ3) is 3.23. The highest BCUT2D eigenvalue weighted by Gasteiger charge is 2.12. The van der Waals surface area contributed by atoms with Gasteiger partial charge in [-0.05, 0) is 37.4 Å². The molecule has 0 aliphatic heterocycles. The normalized spacial score (nSPS) is 11.1. The van der Waals surface area contributed by atoms with Crippen molar-refractivity contribution in [2.24, 2.45) is 0 Å². The molecule has 2 aromatic rings. The Hall–Kier alpha value is -2.18. The summed E-state index contributed by atoms with van der Waals surface area (Å²) in [6, 6.07) is 14.8. The number of amides is 1. The van der Waals surface area contributed by atoms with Crippen LogP contribution in [0, 0.1) is 0 Å². The Labute approximate surface area is 117 Å². The minimum Gasteiger partial charge on any atom is -0.322 e. The van der Waals surface area contributed by atoms with Crippen LogP contribution >= 0.6 is 0 Å². The number of anilines is 1. The first-order valence-corrected chi connectivity index (χ1v) is 7.41. The summed E-state index contributed by atoms with van der Waals surface area (Å²) in [5.74, 6) is -0.287. The number of carbonyl (C=O) groups excluding carboxylic acids is 1. The van der Waals surface area contributed by atoms with Crippen molar-refractivity contribution in [1.82, 2.24) is 4.72 Å². The molecule has 20 heavy (non-hydrogen) atoms. The van der Waals surface area contributed by atoms with Crippen LogP contribution in [0.4, 0.5) is 5.69 Å². The molecule has 0 fully saturated rings. The van der Waals surface area contributed by atoms with Crippen molar-refractivity contribution in [3.63, 3.8) is 0 Å². The van der Waals surface area contributed by atoms with E-state index in [1.807, 2.05) is 6.07 Å². The predicted octanol–water partition coefficient (Wildman–Crippen LogP) is 1.85. The Morgan fingerprint density at radius 3 is 2.35 bits per heavy atom. The smallest absolute Gasteiger partial charge is 0.255 e. The first-order chi connectivity index (χ1) is 9.53. The molecule has 0 heterocycles. The standard InChI is InChI=1S/C14H14N2O3S/c1-15-20(18,19)13-9-5-8-12(10-13)16-14(17)11-6-3-2-4-7-11/h2-10,15H,1H3,(H,16,17). The van der Waals surface area contributed by atoms with Crippen LogP contribution in [0.2, 0.25) is 0 Å². The molecular weight excluding hydrogens is 276 g/mol. The van der Waals surface area contributed by atoms with Gasteiger partial charge >= 0.3 is 0 Å². The Morgan fingerprint density at radius 1 is 1.00 bits per heavy atom. The summed E-state index contributed by atoms with van der Waals surface area (Å²) >= 11 is 0. The van der Waals surface area contributed by atoms with E-state index in [0.29, 0.717) is 11.3 Å². The second-order valence-corrected chi connectivity index (χ2v) is 5.94. The Balaban J connectivity index is 2.23. The number of sulfonamides is 1. The molecule has 5 nitrogen and oxygen atoms in total. The van der Waals surface area contributed by atoms with E-state index in [2.05, 4.69) is 10.0 Å². The van der Waals surface area contributed by atoms with E-state index >= 15 is 0 Å². The maximum Gasteiger partial charge on any atom is 0.255 e. The average molecular weight is 290 g/mol. The number of carbonyl (C=O) groups is 1. The largest absolute Gasteiger partial charge is 0.322 e. The van der Waals surface area contributed by atoms with E-state index in [4.69, 9.17) is 0 Å². The van der Waals surface area contributed by atoms with Crippen LogP contribution in [0.3, 0.4) is 0 Å². The van der Waals surface area contributed by atoms with Gasteiger partial charge in [0.25, 0.3) is 5.91 Å². The van der Waals surface area contributed by atoms with Gasteiger partial charge < -0.3 is 5.32 Å². The van der Waals surface area contributed by atoms with Gasteiger partial charge in [-0.15, -0.1) is 0 Å². The molecule has 2 rings (SSSR count). The third-order valence-electron chi connectivity index (χ3n) is 2.71. The van der Waals surface area contributed by atoms with Gasteiger partial charge in [0.05, 0.1) is 4.90 Å². The van der Waals surface area contributed by atoms with Crippen LogP contribution in [-0.2, 0) is 10.0 Å². The fraction of sp³-hybridized carbons (Fsp3) is 0.0714. The fourth-order valence-corrected chi connectivity index (χ4v) is 2.43. The minimum atomic E-state index is -3.52. The lowest BCUT2D eigenvalue weighted by Crippen LogP contribution is -2.19. The Bertz CT molecular complexity index is 712. The summed E-state index contributed by atoms with van der Waals surface area (Å²) in [7, 11) is -2.18. The molecule has 0 aromatic heterocycles. The fourth-order valence-electron chi connectivity index (χ4n) is 1.65. The second-order valence-electron chi connectivity index (χ2n) is 4.06. The van der Waals surface area contributed by atoms with Crippen molar-refractivity contribution in [2.75, 3.05) is 12.4 Å². The number of rotatable bonds is 4. The number of hydrogen-bond donors (Lipinski definition) is 2. The molecule has 0 aliphatic rings. The van der Waals surface area contributed by atoms with Crippen molar-refractivity contribution in [3.05, 3.63) is 60.2 Å². The van der Waals surface area contributed by atoms with E-state index in [-0.39, 0.29) is 10.8 Å². The molecule has 104 valence electrons. The molecule has 0 saturated carbocycles. The second kappa shape index (κ2) is 5.85. The molecule has 6 heteroatoms. The van der Waals surface area contributed by atoms with Gasteiger partial charge in [-0.2, -0.15) is 0 Å². The Kier molecular flexibility index (Phi) is 4.16. The van der Waals surface area contributed by atoms with Crippen LogP contribution in [0.15, 0.2) is 59.5 Å². The van der Waals surface area contributed by atoms with Crippen LogP contribution in [0.1, 0.15) is 10.4 Å². The molecule has 0 spiro atoms. The highest BCUT2D eigenvalue weighted by Crippen LogP contribution is 2.16. The number of benzene rings is 2. The molecule has 0 aliphatic carbocycles. The quantitative estimate of drug-likeness (QED) is 0.902. The summed E-state index contributed by atoms with van der Waals surface area (Å²) in [6.45, 7) is 0. The van der Waals surface area contributed by atoms with Gasteiger partial charge in [-0.25, -0.2) is 13.1 Å². The highest BCUT2D eigenvalue weighted by atomic mass is 32.2. The zero-order chi connectivity index (χ0) is 14.6. The SMILES string of the molecule is CNS(=O)(=O)c1cccc(NC(=O)c2ccccc2)c1. The van der Waals surface area contributed by atoms with Crippen LogP contribution in [0.5, 0.6) is 0 Å². The lowest BCUT2D eigenvalue weighted by molar-refractivity contribution is 0.102. The molecule has 2 N–H and O–H groups in total. The van der Waals surface area contributed by atoms with Crippen LogP contribution in [0.25, 0.3) is 0 Å². The lowest BCUT2D eigenvalue weighted by atomic mass is 10.2. The Morgan fingerprint density at radius 2 is 1.70 bits per heavy atom. The predicted molar refractivity (Wildman–Crippen MR) is 77.1 cm³/mol. The van der Waals surface area contributed by atoms with Crippen molar-refractivity contribution in [3.8, 4) is 0 Å². The molecular formula is C14H14N2O3S. The van der Waals surface area contributed by atoms with Gasteiger partial charge in [0.15, 0.2) is 0 Å². The first kappa shape index (κ1) is 14.2. The molecule has 0 saturated heterocycles. The van der Waals surface area contributed by atoms with E-state index in [1.165, 1.54) is 19.2 Å². The van der Waals surface area contributed by atoms with Crippen molar-refractivity contribution in [1.29, 1.82) is 0 Å². The summed E-state index contributed by atoms with van der Waals surface area (Å²) in [5.41, 5.74) is 0.935. The van der Waals surface area contributed by atoms with Gasteiger partial charge in [0.2, 0.25) is 10.0 Å². The summed E-state index contributed by atoms with van der Waals surface area (Å²) in [4.78, 5) is 12.1. The topological polar surface area (TPSA) is 75.3 Å². The van der Waals surface area contributed by atoms with E-state index < -0.39 is 10.0 Å². The molecule has 2 aromatic carbocycles. The third-order valence-corrected chi connectivity index (χ3v) is 4.12.